The third kappa shape index (κ3) is 4.29. The minimum atomic E-state index is 0.232. The first kappa shape index (κ1) is 21.5. The van der Waals surface area contributed by atoms with Crippen LogP contribution in [0.1, 0.15) is 18.5 Å². The van der Waals surface area contributed by atoms with E-state index in [1.54, 1.807) is 0 Å². The van der Waals surface area contributed by atoms with Crippen LogP contribution in [-0.4, -0.2) is 33.8 Å². The van der Waals surface area contributed by atoms with E-state index in [1.807, 2.05) is 37.4 Å². The zero-order valence-electron chi connectivity index (χ0n) is 19.7. The molecule has 1 fully saturated rings. The SMILES string of the molecule is Cc1ncccc1Nc1cc2nc3ccccc3n(-c3ccccc3)c-2cc1=NC1CCOCC1. The summed E-state index contributed by atoms with van der Waals surface area (Å²) in [6, 6.07) is 27.2. The molecule has 0 unspecified atom stereocenters. The fourth-order valence-corrected chi connectivity index (χ4v) is 4.68. The van der Waals surface area contributed by atoms with E-state index in [4.69, 9.17) is 14.7 Å². The van der Waals surface area contributed by atoms with Crippen LogP contribution in [0.2, 0.25) is 0 Å². The van der Waals surface area contributed by atoms with Crippen LogP contribution in [0.15, 0.2) is 90.1 Å². The second kappa shape index (κ2) is 9.31. The molecule has 0 saturated carbocycles. The first-order valence-electron chi connectivity index (χ1n) is 12.1. The van der Waals surface area contributed by atoms with Crippen molar-refractivity contribution in [2.75, 3.05) is 18.5 Å². The Labute approximate surface area is 204 Å². The summed E-state index contributed by atoms with van der Waals surface area (Å²) in [6.45, 7) is 3.51. The zero-order valence-corrected chi connectivity index (χ0v) is 19.7. The summed E-state index contributed by atoms with van der Waals surface area (Å²) in [6.07, 6.45) is 3.67. The van der Waals surface area contributed by atoms with E-state index in [9.17, 15) is 0 Å². The van der Waals surface area contributed by atoms with Crippen molar-refractivity contribution < 1.29 is 4.74 Å². The van der Waals surface area contributed by atoms with Gasteiger partial charge >= 0.3 is 0 Å². The summed E-state index contributed by atoms with van der Waals surface area (Å²) in [4.78, 5) is 14.7. The van der Waals surface area contributed by atoms with Crippen molar-refractivity contribution in [2.24, 2.45) is 4.99 Å². The third-order valence-corrected chi connectivity index (χ3v) is 6.50. The van der Waals surface area contributed by atoms with Gasteiger partial charge in [0, 0.05) is 25.1 Å². The molecule has 1 saturated heterocycles. The Morgan fingerprint density at radius 1 is 0.914 bits per heavy atom. The van der Waals surface area contributed by atoms with E-state index >= 15 is 0 Å². The molecular weight excluding hydrogens is 434 g/mol. The summed E-state index contributed by atoms with van der Waals surface area (Å²) in [7, 11) is 0. The van der Waals surface area contributed by atoms with Crippen LogP contribution in [0.4, 0.5) is 11.4 Å². The monoisotopic (exact) mass is 461 g/mol. The molecule has 0 amide bonds. The van der Waals surface area contributed by atoms with Gasteiger partial charge in [0.15, 0.2) is 0 Å². The second-order valence-electron chi connectivity index (χ2n) is 8.86. The first-order valence-corrected chi connectivity index (χ1v) is 12.1. The average molecular weight is 462 g/mol. The number of hydrogen-bond donors (Lipinski definition) is 1. The molecule has 1 N–H and O–H groups in total. The molecular formula is C29H27N5O. The minimum Gasteiger partial charge on any atom is -0.381 e. The van der Waals surface area contributed by atoms with Crippen molar-refractivity contribution in [1.29, 1.82) is 0 Å². The number of aromatic nitrogens is 3. The second-order valence-corrected chi connectivity index (χ2v) is 8.86. The van der Waals surface area contributed by atoms with Gasteiger partial charge in [-0.15, -0.1) is 0 Å². The Bertz CT molecular complexity index is 1520. The van der Waals surface area contributed by atoms with Gasteiger partial charge in [0.05, 0.1) is 50.9 Å². The van der Waals surface area contributed by atoms with E-state index in [-0.39, 0.29) is 6.04 Å². The van der Waals surface area contributed by atoms with Crippen molar-refractivity contribution in [3.05, 3.63) is 96.1 Å². The van der Waals surface area contributed by atoms with Gasteiger partial charge in [0.2, 0.25) is 0 Å². The first-order chi connectivity index (χ1) is 17.3. The Balaban J connectivity index is 1.63. The van der Waals surface area contributed by atoms with E-state index < -0.39 is 0 Å². The van der Waals surface area contributed by atoms with E-state index in [2.05, 4.69) is 69.5 Å². The molecule has 3 heterocycles. The molecule has 3 aromatic rings. The molecule has 35 heavy (non-hydrogen) atoms. The third-order valence-electron chi connectivity index (χ3n) is 6.50. The Morgan fingerprint density at radius 3 is 2.54 bits per heavy atom. The quantitative estimate of drug-likeness (QED) is 0.351. The van der Waals surface area contributed by atoms with Gasteiger partial charge in [-0.05, 0) is 68.3 Å². The van der Waals surface area contributed by atoms with Crippen LogP contribution in [-0.2, 0) is 4.74 Å². The summed E-state index contributed by atoms with van der Waals surface area (Å²) < 4.78 is 7.85. The van der Waals surface area contributed by atoms with Gasteiger partial charge in [0.1, 0.15) is 0 Å². The number of hydrogen-bond acceptors (Lipinski definition) is 5. The highest BCUT2D eigenvalue weighted by molar-refractivity contribution is 5.84. The Morgan fingerprint density at radius 2 is 1.71 bits per heavy atom. The summed E-state index contributed by atoms with van der Waals surface area (Å²) in [5.74, 6) is 0. The maximum absolute atomic E-state index is 5.58. The maximum Gasteiger partial charge on any atom is 0.0900 e. The molecule has 2 aromatic carbocycles. The minimum absolute atomic E-state index is 0.232. The Kier molecular flexibility index (Phi) is 5.72. The zero-order chi connectivity index (χ0) is 23.6. The largest absolute Gasteiger partial charge is 0.381 e. The number of fused-ring (bicyclic) bond motifs is 2. The van der Waals surface area contributed by atoms with Gasteiger partial charge < -0.3 is 14.6 Å². The van der Waals surface area contributed by atoms with Crippen molar-refractivity contribution >= 4 is 22.4 Å². The molecule has 0 spiro atoms. The van der Waals surface area contributed by atoms with Crippen molar-refractivity contribution in [3.8, 4) is 17.1 Å². The topological polar surface area (TPSA) is 64.3 Å². The number of pyridine rings is 1. The highest BCUT2D eigenvalue weighted by Gasteiger charge is 2.18. The summed E-state index contributed by atoms with van der Waals surface area (Å²) >= 11 is 0. The lowest BCUT2D eigenvalue weighted by molar-refractivity contribution is 0.0864. The van der Waals surface area contributed by atoms with Crippen LogP contribution in [0, 0.1) is 6.92 Å². The molecule has 0 bridgehead atoms. The average Bonchev–Trinajstić information content (AvgIpc) is 2.90. The van der Waals surface area contributed by atoms with Gasteiger partial charge in [-0.2, -0.15) is 0 Å². The number of para-hydroxylation sites is 3. The molecule has 2 aliphatic heterocycles. The van der Waals surface area contributed by atoms with Crippen LogP contribution in [0.5, 0.6) is 0 Å². The Hall–Kier alpha value is -4.03. The molecule has 1 aliphatic carbocycles. The smallest absolute Gasteiger partial charge is 0.0900 e. The number of nitrogens with zero attached hydrogens (tertiary/aromatic N) is 4. The van der Waals surface area contributed by atoms with Crippen molar-refractivity contribution in [3.63, 3.8) is 0 Å². The predicted molar refractivity (Wildman–Crippen MR) is 139 cm³/mol. The van der Waals surface area contributed by atoms with Crippen molar-refractivity contribution in [1.82, 2.24) is 14.5 Å². The number of rotatable bonds is 4. The molecule has 6 rings (SSSR count). The van der Waals surface area contributed by atoms with Crippen LogP contribution in [0.25, 0.3) is 28.1 Å². The molecule has 0 atom stereocenters. The van der Waals surface area contributed by atoms with Crippen LogP contribution in [0.3, 0.4) is 0 Å². The van der Waals surface area contributed by atoms with Gasteiger partial charge in [0.25, 0.3) is 0 Å². The van der Waals surface area contributed by atoms with Gasteiger partial charge in [-0.25, -0.2) is 4.98 Å². The lowest BCUT2D eigenvalue weighted by Crippen LogP contribution is -2.23. The van der Waals surface area contributed by atoms with E-state index in [1.165, 1.54) is 0 Å². The van der Waals surface area contributed by atoms with Crippen LogP contribution >= 0.6 is 0 Å². The fraction of sp³-hybridized carbons (Fsp3) is 0.207. The number of nitrogens with one attached hydrogen (secondary N) is 1. The number of ether oxygens (including phenoxy) is 1. The van der Waals surface area contributed by atoms with E-state index in [0.717, 1.165) is 76.6 Å². The molecule has 6 nitrogen and oxygen atoms in total. The van der Waals surface area contributed by atoms with Crippen molar-refractivity contribution in [2.45, 2.75) is 25.8 Å². The number of anilines is 2. The summed E-state index contributed by atoms with van der Waals surface area (Å²) in [5.41, 5.74) is 7.87. The molecule has 6 heteroatoms. The number of benzene rings is 3. The van der Waals surface area contributed by atoms with E-state index in [0.29, 0.717) is 0 Å². The number of aryl methyl sites for hydroxylation is 1. The highest BCUT2D eigenvalue weighted by Crippen LogP contribution is 2.30. The predicted octanol–water partition coefficient (Wildman–Crippen LogP) is 5.66. The fourth-order valence-electron chi connectivity index (χ4n) is 4.68. The highest BCUT2D eigenvalue weighted by atomic mass is 16.5. The molecule has 1 aromatic heterocycles. The molecule has 174 valence electrons. The molecule has 0 radical (unpaired) electrons. The lowest BCUT2D eigenvalue weighted by Gasteiger charge is -2.22. The standard InChI is InChI=1S/C29H27N5O/c1-20-23(11-7-15-30-20)32-25-18-27-29(19-26(25)31-21-13-16-35-17-14-21)34(22-8-3-2-4-9-22)28-12-6-5-10-24(28)33-27/h2-12,15,18-19,21,32H,13-14,16-17H2,1H3. The summed E-state index contributed by atoms with van der Waals surface area (Å²) in [5, 5.41) is 4.52. The molecule has 3 aliphatic rings. The normalized spacial score (nSPS) is 15.1. The maximum atomic E-state index is 5.58. The lowest BCUT2D eigenvalue weighted by atomic mass is 10.1. The van der Waals surface area contributed by atoms with Gasteiger partial charge in [-0.1, -0.05) is 30.3 Å². The van der Waals surface area contributed by atoms with Gasteiger partial charge in [-0.3, -0.25) is 9.98 Å². The van der Waals surface area contributed by atoms with Crippen LogP contribution < -0.4 is 10.7 Å².